The number of oxazole rings is 1. The number of carbonyl (C=O) groups is 3. The molecule has 0 unspecified atom stereocenters. The molecule has 0 saturated heterocycles. The standard InChI is InChI=1S/C26H29N3O6S/c1-16-20(23(28-15-30)36-21(16)22-27-10-12-35-22)24(31)29(18-13-26(2,14-18)25(32)34-4)11-9-17-7-5-6-8-19(17)33-3/h5-8,10,12,15,18H,9,11,13-14H2,1-4H3,(H,28,30). The van der Waals surface area contributed by atoms with Crippen molar-refractivity contribution in [3.8, 4) is 16.5 Å². The fourth-order valence-corrected chi connectivity index (χ4v) is 5.92. The van der Waals surface area contributed by atoms with Gasteiger partial charge in [-0.1, -0.05) is 18.2 Å². The van der Waals surface area contributed by atoms with Crippen molar-refractivity contribution in [2.24, 2.45) is 5.41 Å². The summed E-state index contributed by atoms with van der Waals surface area (Å²) in [4.78, 5) is 44.4. The first-order valence-corrected chi connectivity index (χ1v) is 12.4. The molecule has 2 aromatic heterocycles. The van der Waals surface area contributed by atoms with E-state index in [1.165, 1.54) is 30.9 Å². The molecule has 3 aromatic rings. The number of amides is 2. The van der Waals surface area contributed by atoms with Crippen LogP contribution in [0.15, 0.2) is 41.1 Å². The van der Waals surface area contributed by atoms with Crippen molar-refractivity contribution in [1.82, 2.24) is 9.88 Å². The Kier molecular flexibility index (Phi) is 7.44. The largest absolute Gasteiger partial charge is 0.496 e. The molecule has 2 heterocycles. The highest BCUT2D eigenvalue weighted by Crippen LogP contribution is 2.46. The van der Waals surface area contributed by atoms with Crippen molar-refractivity contribution in [3.63, 3.8) is 0 Å². The van der Waals surface area contributed by atoms with Crippen molar-refractivity contribution < 1.29 is 28.3 Å². The van der Waals surface area contributed by atoms with E-state index in [2.05, 4.69) is 10.3 Å². The Morgan fingerprint density at radius 2 is 2.06 bits per heavy atom. The summed E-state index contributed by atoms with van der Waals surface area (Å²) in [7, 11) is 2.99. The number of benzene rings is 1. The summed E-state index contributed by atoms with van der Waals surface area (Å²) in [5.74, 6) is 0.627. The van der Waals surface area contributed by atoms with Crippen LogP contribution in [0.1, 0.15) is 41.3 Å². The van der Waals surface area contributed by atoms with Crippen LogP contribution in [-0.2, 0) is 20.7 Å². The Labute approximate surface area is 213 Å². The smallest absolute Gasteiger partial charge is 0.311 e. The third-order valence-electron chi connectivity index (χ3n) is 6.74. The fraction of sp³-hybridized carbons (Fsp3) is 0.385. The summed E-state index contributed by atoms with van der Waals surface area (Å²) in [6.45, 7) is 4.08. The van der Waals surface area contributed by atoms with Gasteiger partial charge in [-0.25, -0.2) is 4.98 Å². The molecule has 1 saturated carbocycles. The molecule has 9 nitrogen and oxygen atoms in total. The van der Waals surface area contributed by atoms with Gasteiger partial charge in [0.1, 0.15) is 17.0 Å². The molecule has 10 heteroatoms. The maximum atomic E-state index is 14.1. The zero-order chi connectivity index (χ0) is 25.9. The molecule has 0 atom stereocenters. The van der Waals surface area contributed by atoms with Gasteiger partial charge in [-0.2, -0.15) is 0 Å². The predicted octanol–water partition coefficient (Wildman–Crippen LogP) is 4.32. The normalized spacial score (nSPS) is 18.7. The number of hydrogen-bond acceptors (Lipinski definition) is 8. The van der Waals surface area contributed by atoms with E-state index in [1.807, 2.05) is 38.1 Å². The van der Waals surface area contributed by atoms with E-state index in [-0.39, 0.29) is 17.9 Å². The van der Waals surface area contributed by atoms with Crippen LogP contribution in [0.2, 0.25) is 0 Å². The quantitative estimate of drug-likeness (QED) is 0.319. The number of rotatable bonds is 10. The van der Waals surface area contributed by atoms with Gasteiger partial charge in [0.15, 0.2) is 0 Å². The van der Waals surface area contributed by atoms with Crippen LogP contribution in [-0.4, -0.2) is 55.0 Å². The Bertz CT molecular complexity index is 1250. The van der Waals surface area contributed by atoms with Gasteiger partial charge in [0.05, 0.1) is 36.3 Å². The van der Waals surface area contributed by atoms with Crippen molar-refractivity contribution in [3.05, 3.63) is 53.4 Å². The summed E-state index contributed by atoms with van der Waals surface area (Å²) in [5, 5.41) is 3.10. The number of thiophene rings is 1. The lowest BCUT2D eigenvalue weighted by Crippen LogP contribution is -2.55. The average Bonchev–Trinajstić information content (AvgIpc) is 3.50. The molecule has 0 radical (unpaired) electrons. The Hall–Kier alpha value is -3.66. The summed E-state index contributed by atoms with van der Waals surface area (Å²) in [6, 6.07) is 7.52. The molecular weight excluding hydrogens is 482 g/mol. The van der Waals surface area contributed by atoms with E-state index in [0.29, 0.717) is 59.1 Å². The number of hydrogen-bond donors (Lipinski definition) is 1. The summed E-state index contributed by atoms with van der Waals surface area (Å²) in [5.41, 5.74) is 1.40. The predicted molar refractivity (Wildman–Crippen MR) is 135 cm³/mol. The SMILES string of the molecule is COC(=O)C1(C)CC(N(CCc2ccccc2OC)C(=O)c2c(NC=O)sc(-c3ncco3)c2C)C1. The Balaban J connectivity index is 1.68. The lowest BCUT2D eigenvalue weighted by Gasteiger charge is -2.48. The fourth-order valence-electron chi connectivity index (χ4n) is 4.82. The molecule has 1 aliphatic carbocycles. The van der Waals surface area contributed by atoms with Gasteiger partial charge in [0.2, 0.25) is 12.3 Å². The molecule has 1 aliphatic rings. The van der Waals surface area contributed by atoms with Gasteiger partial charge in [0.25, 0.3) is 5.91 Å². The molecule has 0 bridgehead atoms. The monoisotopic (exact) mass is 511 g/mol. The molecule has 4 rings (SSSR count). The highest BCUT2D eigenvalue weighted by atomic mass is 32.1. The van der Waals surface area contributed by atoms with Gasteiger partial charge >= 0.3 is 5.97 Å². The molecule has 1 N–H and O–H groups in total. The van der Waals surface area contributed by atoms with E-state index < -0.39 is 5.41 Å². The Morgan fingerprint density at radius 1 is 1.31 bits per heavy atom. The third kappa shape index (κ3) is 4.73. The second-order valence-corrected chi connectivity index (χ2v) is 10.1. The molecule has 2 amide bonds. The number of methoxy groups -OCH3 is 2. The zero-order valence-electron chi connectivity index (χ0n) is 20.7. The first-order valence-electron chi connectivity index (χ1n) is 11.6. The first kappa shape index (κ1) is 25.4. The minimum absolute atomic E-state index is 0.162. The molecular formula is C26H29N3O6S. The minimum atomic E-state index is -0.640. The van der Waals surface area contributed by atoms with Crippen LogP contribution >= 0.6 is 11.3 Å². The van der Waals surface area contributed by atoms with Gasteiger partial charge in [-0.3, -0.25) is 14.4 Å². The highest BCUT2D eigenvalue weighted by molar-refractivity contribution is 7.20. The maximum Gasteiger partial charge on any atom is 0.311 e. The molecule has 1 fully saturated rings. The van der Waals surface area contributed by atoms with Gasteiger partial charge < -0.3 is 24.1 Å². The summed E-state index contributed by atoms with van der Waals surface area (Å²) >= 11 is 1.24. The van der Waals surface area contributed by atoms with Crippen LogP contribution < -0.4 is 10.1 Å². The van der Waals surface area contributed by atoms with Gasteiger partial charge in [0, 0.05) is 12.6 Å². The number of carbonyl (C=O) groups excluding carboxylic acids is 3. The van der Waals surface area contributed by atoms with Crippen LogP contribution in [0.4, 0.5) is 5.00 Å². The van der Waals surface area contributed by atoms with E-state index in [0.717, 1.165) is 11.3 Å². The number of para-hydroxylation sites is 1. The van der Waals surface area contributed by atoms with E-state index >= 15 is 0 Å². The molecule has 0 aliphatic heterocycles. The van der Waals surface area contributed by atoms with Crippen LogP contribution in [0.25, 0.3) is 10.8 Å². The number of nitrogens with one attached hydrogen (secondary N) is 1. The zero-order valence-corrected chi connectivity index (χ0v) is 21.5. The molecule has 1 aromatic carbocycles. The molecule has 190 valence electrons. The van der Waals surface area contributed by atoms with Gasteiger partial charge in [-0.15, -0.1) is 11.3 Å². The maximum absolute atomic E-state index is 14.1. The minimum Gasteiger partial charge on any atom is -0.496 e. The van der Waals surface area contributed by atoms with Crippen molar-refractivity contribution in [2.75, 3.05) is 26.1 Å². The van der Waals surface area contributed by atoms with Crippen LogP contribution in [0.3, 0.4) is 0 Å². The van der Waals surface area contributed by atoms with Crippen molar-refractivity contribution in [2.45, 2.75) is 39.2 Å². The van der Waals surface area contributed by atoms with E-state index in [9.17, 15) is 14.4 Å². The summed E-state index contributed by atoms with van der Waals surface area (Å²) < 4.78 is 15.9. The number of nitrogens with zero attached hydrogens (tertiary/aromatic N) is 2. The van der Waals surface area contributed by atoms with E-state index in [4.69, 9.17) is 13.9 Å². The highest BCUT2D eigenvalue weighted by Gasteiger charge is 2.50. The second kappa shape index (κ2) is 10.5. The van der Waals surface area contributed by atoms with Crippen LogP contribution in [0, 0.1) is 12.3 Å². The Morgan fingerprint density at radius 3 is 2.69 bits per heavy atom. The molecule has 0 spiro atoms. The topological polar surface area (TPSA) is 111 Å². The number of ether oxygens (including phenoxy) is 2. The lowest BCUT2D eigenvalue weighted by molar-refractivity contribution is -0.160. The average molecular weight is 512 g/mol. The number of anilines is 1. The molecule has 36 heavy (non-hydrogen) atoms. The summed E-state index contributed by atoms with van der Waals surface area (Å²) in [6.07, 6.45) is 5.09. The first-order chi connectivity index (χ1) is 17.3. The number of esters is 1. The second-order valence-electron chi connectivity index (χ2n) is 9.03. The number of aromatic nitrogens is 1. The van der Waals surface area contributed by atoms with Crippen molar-refractivity contribution in [1.29, 1.82) is 0 Å². The van der Waals surface area contributed by atoms with Crippen LogP contribution in [0.5, 0.6) is 5.75 Å². The lowest BCUT2D eigenvalue weighted by atomic mass is 9.66. The van der Waals surface area contributed by atoms with Gasteiger partial charge in [-0.05, 0) is 50.3 Å². The van der Waals surface area contributed by atoms with Crippen molar-refractivity contribution >= 4 is 34.6 Å². The third-order valence-corrected chi connectivity index (χ3v) is 7.95. The van der Waals surface area contributed by atoms with E-state index in [1.54, 1.807) is 12.0 Å².